The van der Waals surface area contributed by atoms with Crippen LogP contribution in [-0.2, 0) is 9.53 Å². The lowest BCUT2D eigenvalue weighted by Crippen LogP contribution is -2.40. The minimum absolute atomic E-state index is 0.101. The molecule has 1 aromatic rings. The summed E-state index contributed by atoms with van der Waals surface area (Å²) < 4.78 is 4.64. The van der Waals surface area contributed by atoms with Crippen molar-refractivity contribution in [2.24, 2.45) is 5.92 Å². The van der Waals surface area contributed by atoms with Crippen molar-refractivity contribution in [2.45, 2.75) is 26.7 Å². The summed E-state index contributed by atoms with van der Waals surface area (Å²) in [6, 6.07) is 2.99. The van der Waals surface area contributed by atoms with Crippen molar-refractivity contribution < 1.29 is 14.3 Å². The molecular formula is C14H20ClN3O3. The number of halogens is 1. The molecule has 7 heteroatoms. The standard InChI is InChI=1S/C14H20ClN3O3/c1-4-10(5-2)8-18(9-13(19)21-3)14(20)11-6-7-12(15)17-16-11/h6-7,10H,4-5,8-9H2,1-3H3. The quantitative estimate of drug-likeness (QED) is 0.721. The molecule has 0 radical (unpaired) electrons. The fraction of sp³-hybridized carbons (Fsp3) is 0.571. The summed E-state index contributed by atoms with van der Waals surface area (Å²) in [6.07, 6.45) is 1.85. The van der Waals surface area contributed by atoms with E-state index >= 15 is 0 Å². The summed E-state index contributed by atoms with van der Waals surface area (Å²) in [6.45, 7) is 4.48. The monoisotopic (exact) mass is 313 g/mol. The van der Waals surface area contributed by atoms with Crippen molar-refractivity contribution >= 4 is 23.5 Å². The molecule has 1 aromatic heterocycles. The number of nitrogens with zero attached hydrogens (tertiary/aromatic N) is 3. The summed E-state index contributed by atoms with van der Waals surface area (Å²) in [5.74, 6) is -0.494. The molecule has 21 heavy (non-hydrogen) atoms. The van der Waals surface area contributed by atoms with Gasteiger partial charge < -0.3 is 9.64 Å². The Balaban J connectivity index is 2.90. The van der Waals surface area contributed by atoms with Crippen LogP contribution < -0.4 is 0 Å². The summed E-state index contributed by atoms with van der Waals surface area (Å²) >= 11 is 5.66. The molecule has 116 valence electrons. The number of hydrogen-bond acceptors (Lipinski definition) is 5. The van der Waals surface area contributed by atoms with Gasteiger partial charge in [0.15, 0.2) is 10.8 Å². The van der Waals surface area contributed by atoms with Crippen LogP contribution >= 0.6 is 11.6 Å². The Hall–Kier alpha value is -1.69. The Morgan fingerprint density at radius 3 is 2.43 bits per heavy atom. The van der Waals surface area contributed by atoms with Crippen molar-refractivity contribution in [2.75, 3.05) is 20.2 Å². The maximum absolute atomic E-state index is 12.4. The second-order valence-electron chi connectivity index (χ2n) is 4.69. The van der Waals surface area contributed by atoms with Gasteiger partial charge in [-0.1, -0.05) is 38.3 Å². The maximum Gasteiger partial charge on any atom is 0.325 e. The number of methoxy groups -OCH3 is 1. The molecule has 0 aliphatic rings. The van der Waals surface area contributed by atoms with Crippen LogP contribution in [0.15, 0.2) is 12.1 Å². The molecule has 0 aromatic carbocycles. The van der Waals surface area contributed by atoms with Crippen LogP contribution in [0.25, 0.3) is 0 Å². The zero-order valence-electron chi connectivity index (χ0n) is 12.5. The van der Waals surface area contributed by atoms with Gasteiger partial charge in [-0.05, 0) is 18.1 Å². The van der Waals surface area contributed by atoms with Gasteiger partial charge in [0.25, 0.3) is 5.91 Å². The molecule has 0 fully saturated rings. The number of ether oxygens (including phenoxy) is 1. The zero-order valence-corrected chi connectivity index (χ0v) is 13.3. The predicted octanol–water partition coefficient (Wildman–Crippen LogP) is 2.18. The zero-order chi connectivity index (χ0) is 15.8. The molecule has 6 nitrogen and oxygen atoms in total. The predicted molar refractivity (Wildman–Crippen MR) is 79.0 cm³/mol. The summed E-state index contributed by atoms with van der Waals surface area (Å²) in [5.41, 5.74) is 0.161. The molecule has 0 saturated carbocycles. The van der Waals surface area contributed by atoms with E-state index in [2.05, 4.69) is 28.8 Å². The van der Waals surface area contributed by atoms with E-state index in [0.717, 1.165) is 12.8 Å². The van der Waals surface area contributed by atoms with Crippen LogP contribution in [0.5, 0.6) is 0 Å². The van der Waals surface area contributed by atoms with Crippen molar-refractivity contribution in [3.05, 3.63) is 23.0 Å². The van der Waals surface area contributed by atoms with E-state index in [1.54, 1.807) is 0 Å². The first-order valence-corrected chi connectivity index (χ1v) is 7.24. The molecule has 0 unspecified atom stereocenters. The van der Waals surface area contributed by atoms with E-state index in [1.165, 1.54) is 24.1 Å². The lowest BCUT2D eigenvalue weighted by atomic mass is 10.0. The Morgan fingerprint density at radius 1 is 1.29 bits per heavy atom. The lowest BCUT2D eigenvalue weighted by molar-refractivity contribution is -0.141. The van der Waals surface area contributed by atoms with E-state index < -0.39 is 5.97 Å². The highest BCUT2D eigenvalue weighted by Gasteiger charge is 2.23. The number of aromatic nitrogens is 2. The summed E-state index contributed by atoms with van der Waals surface area (Å²) in [7, 11) is 1.30. The molecule has 1 heterocycles. The van der Waals surface area contributed by atoms with Gasteiger partial charge in [-0.2, -0.15) is 0 Å². The van der Waals surface area contributed by atoms with Crippen LogP contribution in [0, 0.1) is 5.92 Å². The van der Waals surface area contributed by atoms with E-state index in [0.29, 0.717) is 12.5 Å². The molecule has 0 bridgehead atoms. The third-order valence-electron chi connectivity index (χ3n) is 3.32. The number of carbonyl (C=O) groups excluding carboxylic acids is 2. The Morgan fingerprint density at radius 2 is 1.95 bits per heavy atom. The topological polar surface area (TPSA) is 72.4 Å². The molecule has 0 spiro atoms. The highest BCUT2D eigenvalue weighted by atomic mass is 35.5. The van der Waals surface area contributed by atoms with Crippen LogP contribution in [0.3, 0.4) is 0 Å². The lowest BCUT2D eigenvalue weighted by Gasteiger charge is -2.25. The Kier molecular flexibility index (Phi) is 7.08. The first-order chi connectivity index (χ1) is 10.0. The van der Waals surface area contributed by atoms with Crippen molar-refractivity contribution in [3.8, 4) is 0 Å². The fourth-order valence-corrected chi connectivity index (χ4v) is 1.99. The van der Waals surface area contributed by atoms with Crippen molar-refractivity contribution in [1.82, 2.24) is 15.1 Å². The fourth-order valence-electron chi connectivity index (χ4n) is 1.89. The second-order valence-corrected chi connectivity index (χ2v) is 5.07. The van der Waals surface area contributed by atoms with Crippen LogP contribution in [0.4, 0.5) is 0 Å². The molecule has 0 N–H and O–H groups in total. The van der Waals surface area contributed by atoms with Crippen molar-refractivity contribution in [1.29, 1.82) is 0 Å². The normalized spacial score (nSPS) is 10.5. The number of amides is 1. The third kappa shape index (κ3) is 5.30. The van der Waals surface area contributed by atoms with Crippen LogP contribution in [0.1, 0.15) is 37.2 Å². The van der Waals surface area contributed by atoms with Gasteiger partial charge in [-0.3, -0.25) is 9.59 Å². The molecule has 0 aliphatic heterocycles. The second kappa shape index (κ2) is 8.56. The van der Waals surface area contributed by atoms with E-state index in [4.69, 9.17) is 11.6 Å². The highest BCUT2D eigenvalue weighted by molar-refractivity contribution is 6.29. The average molecular weight is 314 g/mol. The van der Waals surface area contributed by atoms with Crippen LogP contribution in [-0.4, -0.2) is 47.2 Å². The number of carbonyl (C=O) groups is 2. The van der Waals surface area contributed by atoms with Gasteiger partial charge >= 0.3 is 5.97 Å². The minimum Gasteiger partial charge on any atom is -0.468 e. The molecule has 0 aliphatic carbocycles. The molecule has 1 amide bonds. The van der Waals surface area contributed by atoms with E-state index in [1.807, 2.05) is 0 Å². The van der Waals surface area contributed by atoms with Gasteiger partial charge in [-0.25, -0.2) is 0 Å². The smallest absolute Gasteiger partial charge is 0.325 e. The Labute approximate surface area is 129 Å². The van der Waals surface area contributed by atoms with E-state index in [-0.39, 0.29) is 23.3 Å². The van der Waals surface area contributed by atoms with Crippen molar-refractivity contribution in [3.63, 3.8) is 0 Å². The maximum atomic E-state index is 12.4. The number of esters is 1. The van der Waals surface area contributed by atoms with E-state index in [9.17, 15) is 9.59 Å². The van der Waals surface area contributed by atoms with Gasteiger partial charge in [-0.15, -0.1) is 10.2 Å². The van der Waals surface area contributed by atoms with Crippen LogP contribution in [0.2, 0.25) is 5.15 Å². The minimum atomic E-state index is -0.462. The van der Waals surface area contributed by atoms with Gasteiger partial charge in [0.05, 0.1) is 7.11 Å². The molecule has 0 atom stereocenters. The summed E-state index contributed by atoms with van der Waals surface area (Å²) in [4.78, 5) is 25.4. The SMILES string of the molecule is CCC(CC)CN(CC(=O)OC)C(=O)c1ccc(Cl)nn1. The summed E-state index contributed by atoms with van der Waals surface area (Å²) in [5, 5.41) is 7.63. The Bertz CT molecular complexity index is 475. The van der Waals surface area contributed by atoms with Gasteiger partial charge in [0.1, 0.15) is 6.54 Å². The molecule has 1 rings (SSSR count). The first-order valence-electron chi connectivity index (χ1n) is 6.87. The molecule has 0 saturated heterocycles. The highest BCUT2D eigenvalue weighted by Crippen LogP contribution is 2.13. The average Bonchev–Trinajstić information content (AvgIpc) is 2.51. The third-order valence-corrected chi connectivity index (χ3v) is 3.52. The first kappa shape index (κ1) is 17.4. The van der Waals surface area contributed by atoms with Gasteiger partial charge in [0.2, 0.25) is 0 Å². The molecular weight excluding hydrogens is 294 g/mol. The largest absolute Gasteiger partial charge is 0.468 e. The number of hydrogen-bond donors (Lipinski definition) is 0. The van der Waals surface area contributed by atoms with Gasteiger partial charge in [0, 0.05) is 6.54 Å². The number of rotatable bonds is 7.